The van der Waals surface area contributed by atoms with Crippen molar-refractivity contribution in [3.63, 3.8) is 0 Å². The molecule has 1 rings (SSSR count). The van der Waals surface area contributed by atoms with Crippen LogP contribution in [0, 0.1) is 5.92 Å². The highest BCUT2D eigenvalue weighted by Gasteiger charge is 2.27. The second-order valence-corrected chi connectivity index (χ2v) is 4.75. The van der Waals surface area contributed by atoms with Crippen LogP contribution in [0.1, 0.15) is 46.5 Å². The molecule has 0 amide bonds. The van der Waals surface area contributed by atoms with E-state index < -0.39 is 0 Å². The fourth-order valence-corrected chi connectivity index (χ4v) is 2.52. The SMILES string of the molecule is CCC1CCCCN1C(C)C(C)CN. The quantitative estimate of drug-likeness (QED) is 0.750. The topological polar surface area (TPSA) is 29.3 Å². The molecule has 0 aromatic rings. The van der Waals surface area contributed by atoms with Crippen LogP contribution in [-0.2, 0) is 0 Å². The third kappa shape index (κ3) is 2.71. The molecule has 0 spiro atoms. The Labute approximate surface area is 88.8 Å². The molecular formula is C12H26N2. The molecule has 2 heteroatoms. The Balaban J connectivity index is 2.53. The van der Waals surface area contributed by atoms with Crippen LogP contribution in [0.2, 0.25) is 0 Å². The van der Waals surface area contributed by atoms with Crippen molar-refractivity contribution < 1.29 is 0 Å². The molecule has 2 N–H and O–H groups in total. The van der Waals surface area contributed by atoms with Crippen molar-refractivity contribution in [2.45, 2.75) is 58.5 Å². The first kappa shape index (κ1) is 12.0. The van der Waals surface area contributed by atoms with Gasteiger partial charge in [-0.25, -0.2) is 0 Å². The van der Waals surface area contributed by atoms with Gasteiger partial charge in [-0.15, -0.1) is 0 Å². The minimum Gasteiger partial charge on any atom is -0.330 e. The van der Waals surface area contributed by atoms with Gasteiger partial charge in [-0.3, -0.25) is 4.90 Å². The maximum atomic E-state index is 5.74. The lowest BCUT2D eigenvalue weighted by atomic mass is 9.93. The fraction of sp³-hybridized carbons (Fsp3) is 1.00. The minimum atomic E-state index is 0.627. The van der Waals surface area contributed by atoms with E-state index in [0.29, 0.717) is 12.0 Å². The number of rotatable bonds is 4. The summed E-state index contributed by atoms with van der Waals surface area (Å²) in [5.74, 6) is 0.627. The van der Waals surface area contributed by atoms with Crippen LogP contribution in [0.5, 0.6) is 0 Å². The first-order valence-corrected chi connectivity index (χ1v) is 6.16. The molecule has 3 unspecified atom stereocenters. The maximum Gasteiger partial charge on any atom is 0.0107 e. The second kappa shape index (κ2) is 5.72. The maximum absolute atomic E-state index is 5.74. The van der Waals surface area contributed by atoms with Crippen molar-refractivity contribution in [2.24, 2.45) is 11.7 Å². The van der Waals surface area contributed by atoms with Gasteiger partial charge in [0.2, 0.25) is 0 Å². The average molecular weight is 198 g/mol. The first-order chi connectivity index (χ1) is 6.70. The number of nitrogens with zero attached hydrogens (tertiary/aromatic N) is 1. The highest BCUT2D eigenvalue weighted by atomic mass is 15.2. The molecule has 0 aromatic carbocycles. The van der Waals surface area contributed by atoms with E-state index in [9.17, 15) is 0 Å². The summed E-state index contributed by atoms with van der Waals surface area (Å²) in [7, 11) is 0. The van der Waals surface area contributed by atoms with Crippen molar-refractivity contribution in [3.8, 4) is 0 Å². The lowest BCUT2D eigenvalue weighted by Crippen LogP contribution is -2.48. The molecule has 14 heavy (non-hydrogen) atoms. The minimum absolute atomic E-state index is 0.627. The Bertz CT molecular complexity index is 158. The molecule has 0 aliphatic carbocycles. The monoisotopic (exact) mass is 198 g/mol. The van der Waals surface area contributed by atoms with Gasteiger partial charge < -0.3 is 5.73 Å². The van der Waals surface area contributed by atoms with Crippen molar-refractivity contribution in [2.75, 3.05) is 13.1 Å². The summed E-state index contributed by atoms with van der Waals surface area (Å²) in [5, 5.41) is 0. The molecule has 1 saturated heterocycles. The Morgan fingerprint density at radius 2 is 2.07 bits per heavy atom. The van der Waals surface area contributed by atoms with Gasteiger partial charge >= 0.3 is 0 Å². The smallest absolute Gasteiger partial charge is 0.0107 e. The number of piperidine rings is 1. The summed E-state index contributed by atoms with van der Waals surface area (Å²) >= 11 is 0. The zero-order valence-electron chi connectivity index (χ0n) is 10.00. The summed E-state index contributed by atoms with van der Waals surface area (Å²) < 4.78 is 0. The number of likely N-dealkylation sites (tertiary alicyclic amines) is 1. The molecule has 0 bridgehead atoms. The van der Waals surface area contributed by atoms with E-state index in [4.69, 9.17) is 5.73 Å². The van der Waals surface area contributed by atoms with Crippen LogP contribution in [0.4, 0.5) is 0 Å². The second-order valence-electron chi connectivity index (χ2n) is 4.75. The lowest BCUT2D eigenvalue weighted by molar-refractivity contribution is 0.0743. The van der Waals surface area contributed by atoms with E-state index in [1.54, 1.807) is 0 Å². The highest BCUT2D eigenvalue weighted by molar-refractivity contribution is 4.82. The summed E-state index contributed by atoms with van der Waals surface area (Å²) in [6, 6.07) is 1.47. The molecule has 0 radical (unpaired) electrons. The molecule has 0 aromatic heterocycles. The molecule has 2 nitrogen and oxygen atoms in total. The van der Waals surface area contributed by atoms with E-state index in [0.717, 1.165) is 12.6 Å². The van der Waals surface area contributed by atoms with E-state index in [1.165, 1.54) is 32.2 Å². The predicted molar refractivity (Wildman–Crippen MR) is 62.3 cm³/mol. The first-order valence-electron chi connectivity index (χ1n) is 6.16. The van der Waals surface area contributed by atoms with E-state index in [1.807, 2.05) is 0 Å². The largest absolute Gasteiger partial charge is 0.330 e. The molecular weight excluding hydrogens is 172 g/mol. The van der Waals surface area contributed by atoms with Crippen LogP contribution in [0.25, 0.3) is 0 Å². The Morgan fingerprint density at radius 1 is 1.36 bits per heavy atom. The Hall–Kier alpha value is -0.0800. The predicted octanol–water partition coefficient (Wildman–Crippen LogP) is 2.23. The molecule has 1 heterocycles. The third-order valence-corrected chi connectivity index (χ3v) is 3.86. The zero-order valence-corrected chi connectivity index (χ0v) is 10.00. The Kier molecular flexibility index (Phi) is 4.90. The molecule has 0 saturated carbocycles. The Morgan fingerprint density at radius 3 is 2.64 bits per heavy atom. The van der Waals surface area contributed by atoms with Crippen LogP contribution >= 0.6 is 0 Å². The lowest BCUT2D eigenvalue weighted by Gasteiger charge is -2.41. The molecule has 1 aliphatic rings. The summed E-state index contributed by atoms with van der Waals surface area (Å²) in [6.07, 6.45) is 5.47. The summed E-state index contributed by atoms with van der Waals surface area (Å²) in [6.45, 7) is 9.01. The van der Waals surface area contributed by atoms with Gasteiger partial charge in [0.1, 0.15) is 0 Å². The van der Waals surface area contributed by atoms with Crippen LogP contribution in [0.3, 0.4) is 0 Å². The number of nitrogens with two attached hydrogens (primary N) is 1. The van der Waals surface area contributed by atoms with E-state index >= 15 is 0 Å². The van der Waals surface area contributed by atoms with Gasteiger partial charge in [-0.2, -0.15) is 0 Å². The van der Waals surface area contributed by atoms with Crippen molar-refractivity contribution in [1.82, 2.24) is 4.90 Å². The fourth-order valence-electron chi connectivity index (χ4n) is 2.52. The van der Waals surface area contributed by atoms with Crippen LogP contribution in [0.15, 0.2) is 0 Å². The van der Waals surface area contributed by atoms with Crippen LogP contribution < -0.4 is 5.73 Å². The number of hydrogen-bond acceptors (Lipinski definition) is 2. The number of hydrogen-bond donors (Lipinski definition) is 1. The van der Waals surface area contributed by atoms with Crippen molar-refractivity contribution in [3.05, 3.63) is 0 Å². The third-order valence-electron chi connectivity index (χ3n) is 3.86. The average Bonchev–Trinajstić information content (AvgIpc) is 2.26. The van der Waals surface area contributed by atoms with E-state index in [-0.39, 0.29) is 0 Å². The van der Waals surface area contributed by atoms with E-state index in [2.05, 4.69) is 25.7 Å². The molecule has 84 valence electrons. The van der Waals surface area contributed by atoms with Crippen molar-refractivity contribution in [1.29, 1.82) is 0 Å². The summed E-state index contributed by atoms with van der Waals surface area (Å²) in [5.41, 5.74) is 5.74. The molecule has 1 fully saturated rings. The van der Waals surface area contributed by atoms with Gasteiger partial charge in [-0.1, -0.05) is 20.3 Å². The van der Waals surface area contributed by atoms with Gasteiger partial charge in [0, 0.05) is 12.1 Å². The van der Waals surface area contributed by atoms with Crippen molar-refractivity contribution >= 4 is 0 Å². The zero-order chi connectivity index (χ0) is 10.6. The van der Waals surface area contributed by atoms with Gasteiger partial charge in [-0.05, 0) is 45.2 Å². The molecule has 3 atom stereocenters. The standard InChI is InChI=1S/C12H26N2/c1-4-12-7-5-6-8-14(12)11(3)10(2)9-13/h10-12H,4-9,13H2,1-3H3. The summed E-state index contributed by atoms with van der Waals surface area (Å²) in [4.78, 5) is 2.68. The highest BCUT2D eigenvalue weighted by Crippen LogP contribution is 2.24. The normalized spacial score (nSPS) is 28.7. The molecule has 1 aliphatic heterocycles. The van der Waals surface area contributed by atoms with Gasteiger partial charge in [0.25, 0.3) is 0 Å². The van der Waals surface area contributed by atoms with Gasteiger partial charge in [0.05, 0.1) is 0 Å². The van der Waals surface area contributed by atoms with Crippen LogP contribution in [-0.4, -0.2) is 30.1 Å². The van der Waals surface area contributed by atoms with Gasteiger partial charge in [0.15, 0.2) is 0 Å².